The van der Waals surface area contributed by atoms with E-state index in [9.17, 15) is 13.6 Å². The van der Waals surface area contributed by atoms with Crippen LogP contribution in [0.5, 0.6) is 5.75 Å². The Morgan fingerprint density at radius 3 is 2.70 bits per heavy atom. The fourth-order valence-corrected chi connectivity index (χ4v) is 2.62. The molecule has 1 aliphatic carbocycles. The summed E-state index contributed by atoms with van der Waals surface area (Å²) < 4.78 is 28.9. The number of ether oxygens (including phenoxy) is 1. The highest BCUT2D eigenvalue weighted by atomic mass is 19.3. The number of hydrogen-bond donors (Lipinski definition) is 1. The summed E-state index contributed by atoms with van der Waals surface area (Å²) in [5.74, 6) is 0.479. The van der Waals surface area contributed by atoms with Gasteiger partial charge in [-0.05, 0) is 24.5 Å². The third-order valence-electron chi connectivity index (χ3n) is 3.63. The third kappa shape index (κ3) is 4.47. The van der Waals surface area contributed by atoms with Crippen LogP contribution in [0.4, 0.5) is 14.5 Å². The van der Waals surface area contributed by atoms with Gasteiger partial charge >= 0.3 is 6.61 Å². The van der Waals surface area contributed by atoms with E-state index in [1.807, 2.05) is 0 Å². The molecule has 0 heterocycles. The van der Waals surface area contributed by atoms with Gasteiger partial charge in [-0.1, -0.05) is 37.8 Å². The molecule has 0 aliphatic heterocycles. The van der Waals surface area contributed by atoms with Crippen molar-refractivity contribution in [2.75, 3.05) is 5.32 Å². The summed E-state index contributed by atoms with van der Waals surface area (Å²) in [6.07, 6.45) is 6.17. The van der Waals surface area contributed by atoms with Crippen LogP contribution in [0, 0.1) is 5.92 Å². The molecule has 20 heavy (non-hydrogen) atoms. The number of halogens is 2. The van der Waals surface area contributed by atoms with Crippen LogP contribution < -0.4 is 10.1 Å². The average Bonchev–Trinajstić information content (AvgIpc) is 2.91. The molecule has 0 aromatic heterocycles. The van der Waals surface area contributed by atoms with Crippen molar-refractivity contribution in [2.24, 2.45) is 5.92 Å². The predicted octanol–water partition coefficient (Wildman–Crippen LogP) is 4.20. The third-order valence-corrected chi connectivity index (χ3v) is 3.63. The summed E-state index contributed by atoms with van der Waals surface area (Å²) in [4.78, 5) is 11.9. The lowest BCUT2D eigenvalue weighted by atomic mass is 10.0. The van der Waals surface area contributed by atoms with Crippen LogP contribution in [-0.2, 0) is 4.79 Å². The Bertz CT molecular complexity index is 445. The van der Waals surface area contributed by atoms with Gasteiger partial charge in [0.15, 0.2) is 0 Å². The van der Waals surface area contributed by atoms with Crippen LogP contribution in [0.3, 0.4) is 0 Å². The molecule has 1 fully saturated rings. The molecule has 1 aromatic rings. The van der Waals surface area contributed by atoms with Gasteiger partial charge in [0, 0.05) is 6.42 Å². The van der Waals surface area contributed by atoms with Gasteiger partial charge in [-0.15, -0.1) is 0 Å². The lowest BCUT2D eigenvalue weighted by Gasteiger charge is -2.12. The van der Waals surface area contributed by atoms with Crippen molar-refractivity contribution in [3.63, 3.8) is 0 Å². The van der Waals surface area contributed by atoms with Crippen molar-refractivity contribution < 1.29 is 18.3 Å². The van der Waals surface area contributed by atoms with Crippen molar-refractivity contribution in [1.82, 2.24) is 0 Å². The zero-order valence-electron chi connectivity index (χ0n) is 11.3. The maximum atomic E-state index is 12.3. The van der Waals surface area contributed by atoms with Gasteiger partial charge in [-0.2, -0.15) is 8.78 Å². The van der Waals surface area contributed by atoms with E-state index in [2.05, 4.69) is 10.1 Å². The van der Waals surface area contributed by atoms with Gasteiger partial charge in [0.25, 0.3) is 0 Å². The number of anilines is 1. The Labute approximate surface area is 117 Å². The van der Waals surface area contributed by atoms with Crippen molar-refractivity contribution in [2.45, 2.75) is 45.1 Å². The molecule has 2 rings (SSSR count). The number of carbonyl (C=O) groups excluding carboxylic acids is 1. The Balaban J connectivity index is 1.86. The molecule has 0 radical (unpaired) electrons. The van der Waals surface area contributed by atoms with Crippen molar-refractivity contribution in [1.29, 1.82) is 0 Å². The molecule has 1 saturated carbocycles. The molecule has 0 atom stereocenters. The van der Waals surface area contributed by atoms with Gasteiger partial charge in [-0.25, -0.2) is 0 Å². The molecule has 1 aromatic carbocycles. The second kappa shape index (κ2) is 7.22. The van der Waals surface area contributed by atoms with E-state index in [4.69, 9.17) is 0 Å². The zero-order chi connectivity index (χ0) is 14.4. The van der Waals surface area contributed by atoms with Gasteiger partial charge in [0.05, 0.1) is 5.69 Å². The number of carbonyl (C=O) groups is 1. The highest BCUT2D eigenvalue weighted by Gasteiger charge is 2.17. The quantitative estimate of drug-likeness (QED) is 0.849. The Morgan fingerprint density at radius 1 is 1.30 bits per heavy atom. The molecule has 1 aliphatic rings. The van der Waals surface area contributed by atoms with Crippen LogP contribution in [0.25, 0.3) is 0 Å². The number of hydrogen-bond acceptors (Lipinski definition) is 2. The summed E-state index contributed by atoms with van der Waals surface area (Å²) in [7, 11) is 0. The number of para-hydroxylation sites is 2. The molecule has 0 saturated heterocycles. The summed E-state index contributed by atoms with van der Waals surface area (Å²) in [6.45, 7) is -2.90. The van der Waals surface area contributed by atoms with Crippen LogP contribution in [0.1, 0.15) is 38.5 Å². The van der Waals surface area contributed by atoms with Crippen LogP contribution in [-0.4, -0.2) is 12.5 Å². The maximum Gasteiger partial charge on any atom is 0.387 e. The maximum absolute atomic E-state index is 12.3. The SMILES string of the molecule is O=C(CCC1CCCC1)Nc1ccccc1OC(F)F. The molecular formula is C15H19F2NO2. The van der Waals surface area contributed by atoms with Gasteiger partial charge in [0.1, 0.15) is 5.75 Å². The minimum absolute atomic E-state index is 0.00304. The number of nitrogens with one attached hydrogen (secondary N) is 1. The Kier molecular flexibility index (Phi) is 5.32. The average molecular weight is 283 g/mol. The summed E-state index contributed by atoms with van der Waals surface area (Å²) in [6, 6.07) is 6.24. The summed E-state index contributed by atoms with van der Waals surface area (Å²) >= 11 is 0. The fourth-order valence-electron chi connectivity index (χ4n) is 2.62. The second-order valence-corrected chi connectivity index (χ2v) is 5.11. The van der Waals surface area contributed by atoms with Gasteiger partial charge in [-0.3, -0.25) is 4.79 Å². The van der Waals surface area contributed by atoms with Crippen LogP contribution in [0.15, 0.2) is 24.3 Å². The first-order valence-corrected chi connectivity index (χ1v) is 6.99. The van der Waals surface area contributed by atoms with E-state index in [-0.39, 0.29) is 11.7 Å². The molecular weight excluding hydrogens is 264 g/mol. The number of amides is 1. The highest BCUT2D eigenvalue weighted by Crippen LogP contribution is 2.29. The summed E-state index contributed by atoms with van der Waals surface area (Å²) in [5.41, 5.74) is 0.296. The Morgan fingerprint density at radius 2 is 2.00 bits per heavy atom. The number of rotatable bonds is 6. The normalized spacial score (nSPS) is 15.6. The minimum Gasteiger partial charge on any atom is -0.433 e. The number of alkyl halides is 2. The van der Waals surface area contributed by atoms with Gasteiger partial charge < -0.3 is 10.1 Å². The zero-order valence-corrected chi connectivity index (χ0v) is 11.3. The first kappa shape index (κ1) is 14.8. The lowest BCUT2D eigenvalue weighted by molar-refractivity contribution is -0.116. The molecule has 110 valence electrons. The van der Waals surface area contributed by atoms with Crippen LogP contribution in [0.2, 0.25) is 0 Å². The molecule has 0 unspecified atom stereocenters. The summed E-state index contributed by atoms with van der Waals surface area (Å²) in [5, 5.41) is 2.64. The minimum atomic E-state index is -2.90. The van der Waals surface area contributed by atoms with Crippen molar-refractivity contribution >= 4 is 11.6 Å². The first-order chi connectivity index (χ1) is 9.65. The van der Waals surface area contributed by atoms with Crippen molar-refractivity contribution in [3.8, 4) is 5.75 Å². The second-order valence-electron chi connectivity index (χ2n) is 5.11. The molecule has 5 heteroatoms. The lowest BCUT2D eigenvalue weighted by Crippen LogP contribution is -2.14. The topological polar surface area (TPSA) is 38.3 Å². The molecule has 1 N–H and O–H groups in total. The molecule has 0 spiro atoms. The van der Waals surface area contributed by atoms with E-state index in [0.29, 0.717) is 18.0 Å². The predicted molar refractivity (Wildman–Crippen MR) is 72.9 cm³/mol. The molecule has 1 amide bonds. The van der Waals surface area contributed by atoms with E-state index < -0.39 is 6.61 Å². The molecule has 0 bridgehead atoms. The Hall–Kier alpha value is -1.65. The van der Waals surface area contributed by atoms with Crippen molar-refractivity contribution in [3.05, 3.63) is 24.3 Å². The van der Waals surface area contributed by atoms with E-state index in [0.717, 1.165) is 6.42 Å². The largest absolute Gasteiger partial charge is 0.433 e. The van der Waals surface area contributed by atoms with E-state index in [1.54, 1.807) is 18.2 Å². The van der Waals surface area contributed by atoms with E-state index >= 15 is 0 Å². The van der Waals surface area contributed by atoms with Gasteiger partial charge in [0.2, 0.25) is 5.91 Å². The fraction of sp³-hybridized carbons (Fsp3) is 0.533. The smallest absolute Gasteiger partial charge is 0.387 e. The highest BCUT2D eigenvalue weighted by molar-refractivity contribution is 5.92. The first-order valence-electron chi connectivity index (χ1n) is 6.99. The van der Waals surface area contributed by atoms with Crippen LogP contribution >= 0.6 is 0 Å². The molecule has 3 nitrogen and oxygen atoms in total. The number of benzene rings is 1. The standard InChI is InChI=1S/C15H19F2NO2/c16-15(17)20-13-8-4-3-7-12(13)18-14(19)10-9-11-5-1-2-6-11/h3-4,7-8,11,15H,1-2,5-6,9-10H2,(H,18,19). The monoisotopic (exact) mass is 283 g/mol. The van der Waals surface area contributed by atoms with E-state index in [1.165, 1.54) is 31.7 Å².